The SMILES string of the molecule is Cc1c(C(=O)N(C)C)nc2c(F)cc(-c3nc(Cl)ncc3F)cn12. The fourth-order valence-corrected chi connectivity index (χ4v) is 2.44. The number of hydrogen-bond acceptors (Lipinski definition) is 4. The molecule has 0 aliphatic rings. The lowest BCUT2D eigenvalue weighted by Gasteiger charge is -2.08. The van der Waals surface area contributed by atoms with E-state index in [4.69, 9.17) is 11.6 Å². The molecule has 0 saturated carbocycles. The number of pyridine rings is 1. The van der Waals surface area contributed by atoms with Crippen LogP contribution in [0.5, 0.6) is 0 Å². The number of aryl methyl sites for hydroxylation is 1. The summed E-state index contributed by atoms with van der Waals surface area (Å²) in [5.41, 5.74) is 0.555. The van der Waals surface area contributed by atoms with Gasteiger partial charge in [-0.3, -0.25) is 4.79 Å². The van der Waals surface area contributed by atoms with Gasteiger partial charge in [-0.1, -0.05) is 0 Å². The number of rotatable bonds is 2. The van der Waals surface area contributed by atoms with Crippen LogP contribution in [0.3, 0.4) is 0 Å². The molecule has 6 nitrogen and oxygen atoms in total. The first kappa shape index (κ1) is 16.3. The normalized spacial score (nSPS) is 11.1. The lowest BCUT2D eigenvalue weighted by molar-refractivity contribution is 0.0822. The molecule has 124 valence electrons. The lowest BCUT2D eigenvalue weighted by atomic mass is 10.2. The number of imidazole rings is 1. The minimum atomic E-state index is -0.736. The van der Waals surface area contributed by atoms with Gasteiger partial charge in [-0.05, 0) is 24.6 Å². The third kappa shape index (κ3) is 2.58. The van der Waals surface area contributed by atoms with Gasteiger partial charge in [0.1, 0.15) is 11.4 Å². The minimum absolute atomic E-state index is 0.0259. The number of halogens is 3. The number of aromatic nitrogens is 4. The number of hydrogen-bond donors (Lipinski definition) is 0. The predicted octanol–water partition coefficient (Wildman–Crippen LogP) is 2.73. The van der Waals surface area contributed by atoms with Crippen molar-refractivity contribution in [3.63, 3.8) is 0 Å². The fourth-order valence-electron chi connectivity index (χ4n) is 2.31. The Bertz CT molecular complexity index is 970. The van der Waals surface area contributed by atoms with E-state index in [0.717, 1.165) is 12.3 Å². The van der Waals surface area contributed by atoms with Crippen LogP contribution in [0.1, 0.15) is 16.2 Å². The third-order valence-electron chi connectivity index (χ3n) is 3.51. The van der Waals surface area contributed by atoms with E-state index in [-0.39, 0.29) is 33.8 Å². The molecule has 0 unspecified atom stereocenters. The third-order valence-corrected chi connectivity index (χ3v) is 3.69. The van der Waals surface area contributed by atoms with Crippen LogP contribution in [0, 0.1) is 18.6 Å². The Kier molecular flexibility index (Phi) is 3.92. The van der Waals surface area contributed by atoms with Crippen molar-refractivity contribution in [2.75, 3.05) is 14.1 Å². The molecule has 3 heterocycles. The van der Waals surface area contributed by atoms with Crippen molar-refractivity contribution < 1.29 is 13.6 Å². The summed E-state index contributed by atoms with van der Waals surface area (Å²) in [6.45, 7) is 1.63. The standard InChI is InChI=1S/C15H12ClF2N5O/c1-7-11(14(24)22(2)3)20-13-9(17)4-8(6-23(7)13)12-10(18)5-19-15(16)21-12/h4-6H,1-3H3. The number of amides is 1. The molecule has 0 aliphatic heterocycles. The number of carbonyl (C=O) groups is 1. The Morgan fingerprint density at radius 3 is 2.62 bits per heavy atom. The smallest absolute Gasteiger partial charge is 0.273 e. The van der Waals surface area contributed by atoms with Crippen LogP contribution < -0.4 is 0 Å². The highest BCUT2D eigenvalue weighted by molar-refractivity contribution is 6.28. The summed E-state index contributed by atoms with van der Waals surface area (Å²) in [5.74, 6) is -1.79. The highest BCUT2D eigenvalue weighted by Gasteiger charge is 2.21. The summed E-state index contributed by atoms with van der Waals surface area (Å²) < 4.78 is 29.7. The van der Waals surface area contributed by atoms with Gasteiger partial charge in [0.25, 0.3) is 5.91 Å². The van der Waals surface area contributed by atoms with Crippen LogP contribution in [-0.2, 0) is 0 Å². The first-order valence-corrected chi connectivity index (χ1v) is 7.25. The molecule has 0 saturated heterocycles. The number of nitrogens with zero attached hydrogens (tertiary/aromatic N) is 5. The van der Waals surface area contributed by atoms with Gasteiger partial charge in [-0.15, -0.1) is 0 Å². The number of carbonyl (C=O) groups excluding carboxylic acids is 1. The summed E-state index contributed by atoms with van der Waals surface area (Å²) in [4.78, 5) is 24.9. The van der Waals surface area contributed by atoms with Gasteiger partial charge in [0.2, 0.25) is 5.28 Å². The van der Waals surface area contributed by atoms with Gasteiger partial charge in [0.05, 0.1) is 11.9 Å². The Balaban J connectivity index is 2.25. The largest absolute Gasteiger partial charge is 0.343 e. The molecular weight excluding hydrogens is 340 g/mol. The van der Waals surface area contributed by atoms with E-state index < -0.39 is 11.6 Å². The van der Waals surface area contributed by atoms with E-state index in [1.165, 1.54) is 15.5 Å². The zero-order valence-corrected chi connectivity index (χ0v) is 13.8. The summed E-state index contributed by atoms with van der Waals surface area (Å²) >= 11 is 5.68. The topological polar surface area (TPSA) is 63.4 Å². The highest BCUT2D eigenvalue weighted by Crippen LogP contribution is 2.25. The Morgan fingerprint density at radius 2 is 1.96 bits per heavy atom. The summed E-state index contributed by atoms with van der Waals surface area (Å²) in [6.07, 6.45) is 2.36. The molecule has 3 aromatic rings. The maximum Gasteiger partial charge on any atom is 0.273 e. The molecular formula is C15H12ClF2N5O. The summed E-state index contributed by atoms with van der Waals surface area (Å²) in [6, 6.07) is 1.09. The van der Waals surface area contributed by atoms with Crippen molar-refractivity contribution in [3.8, 4) is 11.3 Å². The van der Waals surface area contributed by atoms with E-state index in [9.17, 15) is 13.6 Å². The average molecular weight is 352 g/mol. The fraction of sp³-hybridized carbons (Fsp3) is 0.200. The van der Waals surface area contributed by atoms with Gasteiger partial charge < -0.3 is 9.30 Å². The number of fused-ring (bicyclic) bond motifs is 1. The first-order chi connectivity index (χ1) is 11.3. The molecule has 0 N–H and O–H groups in total. The molecule has 0 radical (unpaired) electrons. The average Bonchev–Trinajstić information content (AvgIpc) is 2.86. The van der Waals surface area contributed by atoms with Gasteiger partial charge in [0, 0.05) is 25.9 Å². The van der Waals surface area contributed by atoms with E-state index in [1.807, 2.05) is 0 Å². The molecule has 0 aliphatic carbocycles. The molecule has 0 spiro atoms. The molecule has 1 amide bonds. The van der Waals surface area contributed by atoms with Crippen LogP contribution >= 0.6 is 11.6 Å². The Labute approximate surface area is 140 Å². The molecule has 3 aromatic heterocycles. The van der Waals surface area contributed by atoms with Crippen molar-refractivity contribution in [3.05, 3.63) is 46.8 Å². The maximum atomic E-state index is 14.4. The zero-order chi connectivity index (χ0) is 17.6. The second kappa shape index (κ2) is 5.79. The monoisotopic (exact) mass is 351 g/mol. The minimum Gasteiger partial charge on any atom is -0.343 e. The van der Waals surface area contributed by atoms with Crippen molar-refractivity contribution in [1.29, 1.82) is 0 Å². The summed E-state index contributed by atoms with van der Waals surface area (Å²) in [5, 5.41) is -0.155. The van der Waals surface area contributed by atoms with Crippen molar-refractivity contribution in [2.24, 2.45) is 0 Å². The lowest BCUT2D eigenvalue weighted by Crippen LogP contribution is -2.22. The van der Waals surface area contributed by atoms with Gasteiger partial charge in [-0.25, -0.2) is 23.7 Å². The van der Waals surface area contributed by atoms with Crippen LogP contribution in [0.15, 0.2) is 18.5 Å². The zero-order valence-electron chi connectivity index (χ0n) is 13.0. The van der Waals surface area contributed by atoms with E-state index in [2.05, 4.69) is 15.0 Å². The molecule has 0 bridgehead atoms. The van der Waals surface area contributed by atoms with Crippen LogP contribution in [-0.4, -0.2) is 44.3 Å². The maximum absolute atomic E-state index is 14.4. The molecule has 0 aromatic carbocycles. The van der Waals surface area contributed by atoms with Crippen LogP contribution in [0.2, 0.25) is 5.28 Å². The van der Waals surface area contributed by atoms with Crippen molar-refractivity contribution >= 4 is 23.2 Å². The van der Waals surface area contributed by atoms with E-state index >= 15 is 0 Å². The Hall–Kier alpha value is -2.61. The van der Waals surface area contributed by atoms with Crippen LogP contribution in [0.25, 0.3) is 16.9 Å². The van der Waals surface area contributed by atoms with E-state index in [1.54, 1.807) is 21.0 Å². The van der Waals surface area contributed by atoms with Crippen molar-refractivity contribution in [1.82, 2.24) is 24.3 Å². The predicted molar refractivity (Wildman–Crippen MR) is 83.9 cm³/mol. The quantitative estimate of drug-likeness (QED) is 0.666. The van der Waals surface area contributed by atoms with Crippen molar-refractivity contribution in [2.45, 2.75) is 6.92 Å². The van der Waals surface area contributed by atoms with Gasteiger partial charge >= 0.3 is 0 Å². The van der Waals surface area contributed by atoms with Gasteiger partial charge in [-0.2, -0.15) is 0 Å². The summed E-state index contributed by atoms with van der Waals surface area (Å²) in [7, 11) is 3.15. The first-order valence-electron chi connectivity index (χ1n) is 6.88. The molecule has 0 fully saturated rings. The molecule has 3 rings (SSSR count). The Morgan fingerprint density at radius 1 is 1.25 bits per heavy atom. The van der Waals surface area contributed by atoms with E-state index in [0.29, 0.717) is 5.69 Å². The van der Waals surface area contributed by atoms with Crippen LogP contribution in [0.4, 0.5) is 8.78 Å². The highest BCUT2D eigenvalue weighted by atomic mass is 35.5. The molecule has 9 heteroatoms. The second-order valence-electron chi connectivity index (χ2n) is 5.35. The van der Waals surface area contributed by atoms with Gasteiger partial charge in [0.15, 0.2) is 17.3 Å². The molecule has 0 atom stereocenters. The second-order valence-corrected chi connectivity index (χ2v) is 5.69. The molecule has 24 heavy (non-hydrogen) atoms.